The fourth-order valence-corrected chi connectivity index (χ4v) is 2.82. The highest BCUT2D eigenvalue weighted by molar-refractivity contribution is 5.91. The number of rotatable bonds is 9. The number of hydrogen-bond donors (Lipinski definition) is 3. The molecule has 0 spiro atoms. The number of nitrogens with zero attached hydrogens (tertiary/aromatic N) is 1. The van der Waals surface area contributed by atoms with Crippen LogP contribution in [-0.4, -0.2) is 34.7 Å². The quantitative estimate of drug-likeness (QED) is 0.412. The van der Waals surface area contributed by atoms with Crippen molar-refractivity contribution in [3.63, 3.8) is 0 Å². The summed E-state index contributed by atoms with van der Waals surface area (Å²) in [6.07, 6.45) is -0.132. The van der Waals surface area contributed by atoms with Crippen molar-refractivity contribution < 1.29 is 23.7 Å². The van der Waals surface area contributed by atoms with Crippen molar-refractivity contribution in [1.29, 1.82) is 0 Å². The number of nitro benzene ring substituents is 1. The average molecular weight is 416 g/mol. The number of carbonyl (C=O) groups is 3. The molecule has 3 amide bonds. The topological polar surface area (TPSA) is 144 Å². The van der Waals surface area contributed by atoms with Crippen LogP contribution in [0.5, 0.6) is 0 Å². The zero-order valence-electron chi connectivity index (χ0n) is 16.1. The first-order valence-corrected chi connectivity index (χ1v) is 9.01. The first-order valence-electron chi connectivity index (χ1n) is 9.01. The Morgan fingerprint density at radius 3 is 2.20 bits per heavy atom. The van der Waals surface area contributed by atoms with Gasteiger partial charge in [-0.3, -0.25) is 24.5 Å². The molecule has 0 heterocycles. The number of primary amides is 1. The second-order valence-corrected chi connectivity index (χ2v) is 6.64. The van der Waals surface area contributed by atoms with E-state index in [0.717, 1.165) is 0 Å². The van der Waals surface area contributed by atoms with Crippen LogP contribution in [0.4, 0.5) is 10.1 Å². The van der Waals surface area contributed by atoms with Gasteiger partial charge in [-0.25, -0.2) is 4.39 Å². The van der Waals surface area contributed by atoms with Crippen LogP contribution >= 0.6 is 0 Å². The Hall–Kier alpha value is -3.82. The van der Waals surface area contributed by atoms with Crippen LogP contribution < -0.4 is 16.4 Å². The van der Waals surface area contributed by atoms with Crippen LogP contribution in [0.2, 0.25) is 0 Å². The molecule has 2 aromatic carbocycles. The average Bonchev–Trinajstić information content (AvgIpc) is 2.68. The van der Waals surface area contributed by atoms with Crippen LogP contribution in [0.25, 0.3) is 0 Å². The van der Waals surface area contributed by atoms with E-state index in [-0.39, 0.29) is 24.1 Å². The molecule has 0 bridgehead atoms. The maximum atomic E-state index is 14.0. The zero-order chi connectivity index (χ0) is 22.3. The molecule has 0 aliphatic rings. The highest BCUT2D eigenvalue weighted by Crippen LogP contribution is 2.14. The van der Waals surface area contributed by atoms with E-state index in [0.29, 0.717) is 5.56 Å². The number of benzene rings is 2. The van der Waals surface area contributed by atoms with Gasteiger partial charge in [-0.05, 0) is 17.2 Å². The van der Waals surface area contributed by atoms with E-state index in [1.807, 2.05) is 0 Å². The Bertz CT molecular complexity index is 948. The summed E-state index contributed by atoms with van der Waals surface area (Å²) in [5.74, 6) is -2.57. The maximum absolute atomic E-state index is 14.0. The van der Waals surface area contributed by atoms with Crippen molar-refractivity contribution in [2.75, 3.05) is 0 Å². The summed E-state index contributed by atoms with van der Waals surface area (Å²) in [5, 5.41) is 15.6. The molecule has 2 rings (SSSR count). The van der Waals surface area contributed by atoms with Crippen LogP contribution in [0.3, 0.4) is 0 Å². The molecule has 0 aromatic heterocycles. The lowest BCUT2D eigenvalue weighted by atomic mass is 10.0. The number of amides is 3. The van der Waals surface area contributed by atoms with Gasteiger partial charge in [0.1, 0.15) is 17.9 Å². The molecule has 2 atom stereocenters. The molecule has 158 valence electrons. The Labute approximate surface area is 171 Å². The van der Waals surface area contributed by atoms with Gasteiger partial charge in [0.05, 0.1) is 4.92 Å². The van der Waals surface area contributed by atoms with Gasteiger partial charge in [0, 0.05) is 31.9 Å². The van der Waals surface area contributed by atoms with Crippen LogP contribution in [-0.2, 0) is 27.2 Å². The van der Waals surface area contributed by atoms with Crippen molar-refractivity contribution >= 4 is 23.4 Å². The third-order valence-electron chi connectivity index (χ3n) is 4.32. The van der Waals surface area contributed by atoms with Gasteiger partial charge in [-0.2, -0.15) is 0 Å². The maximum Gasteiger partial charge on any atom is 0.269 e. The van der Waals surface area contributed by atoms with E-state index in [1.165, 1.54) is 49.4 Å². The number of nitrogens with one attached hydrogen (secondary N) is 2. The van der Waals surface area contributed by atoms with E-state index in [4.69, 9.17) is 5.73 Å². The summed E-state index contributed by atoms with van der Waals surface area (Å²) in [7, 11) is 0. The molecule has 30 heavy (non-hydrogen) atoms. The lowest BCUT2D eigenvalue weighted by molar-refractivity contribution is -0.384. The van der Waals surface area contributed by atoms with E-state index in [9.17, 15) is 28.9 Å². The number of non-ortho nitro benzene ring substituents is 1. The van der Waals surface area contributed by atoms with Crippen molar-refractivity contribution in [3.05, 3.63) is 75.6 Å². The smallest absolute Gasteiger partial charge is 0.269 e. The molecule has 10 heteroatoms. The van der Waals surface area contributed by atoms with Crippen LogP contribution in [0.15, 0.2) is 48.5 Å². The molecule has 0 aliphatic carbocycles. The second-order valence-electron chi connectivity index (χ2n) is 6.64. The van der Waals surface area contributed by atoms with Gasteiger partial charge >= 0.3 is 0 Å². The summed E-state index contributed by atoms with van der Waals surface area (Å²) in [6, 6.07) is 9.01. The molecule has 0 fully saturated rings. The molecule has 0 saturated heterocycles. The molecule has 0 saturated carbocycles. The SMILES string of the molecule is CC(=O)N[C@H](Cc1ccccc1F)C(=O)N[C@H](Cc1ccc([N+](=O)[O-])cc1)C(N)=O. The van der Waals surface area contributed by atoms with E-state index < -0.39 is 40.5 Å². The van der Waals surface area contributed by atoms with Gasteiger partial charge in [-0.1, -0.05) is 30.3 Å². The van der Waals surface area contributed by atoms with Crippen molar-refractivity contribution in [3.8, 4) is 0 Å². The largest absolute Gasteiger partial charge is 0.368 e. The van der Waals surface area contributed by atoms with Crippen molar-refractivity contribution in [2.45, 2.75) is 31.8 Å². The summed E-state index contributed by atoms with van der Waals surface area (Å²) in [6.45, 7) is 1.21. The lowest BCUT2D eigenvalue weighted by Gasteiger charge is -2.22. The normalized spacial score (nSPS) is 12.5. The fraction of sp³-hybridized carbons (Fsp3) is 0.250. The second kappa shape index (κ2) is 10.1. The molecule has 0 aliphatic heterocycles. The lowest BCUT2D eigenvalue weighted by Crippen LogP contribution is -2.54. The van der Waals surface area contributed by atoms with Crippen molar-refractivity contribution in [2.24, 2.45) is 5.73 Å². The number of nitro groups is 1. The molecule has 2 aromatic rings. The molecular formula is C20H21FN4O5. The van der Waals surface area contributed by atoms with Gasteiger partial charge in [0.15, 0.2) is 0 Å². The van der Waals surface area contributed by atoms with Crippen LogP contribution in [0.1, 0.15) is 18.1 Å². The molecule has 9 nitrogen and oxygen atoms in total. The Morgan fingerprint density at radius 1 is 1.03 bits per heavy atom. The summed E-state index contributed by atoms with van der Waals surface area (Å²) >= 11 is 0. The summed E-state index contributed by atoms with van der Waals surface area (Å²) in [5.41, 5.74) is 6.02. The molecule has 4 N–H and O–H groups in total. The van der Waals surface area contributed by atoms with E-state index in [2.05, 4.69) is 10.6 Å². The fourth-order valence-electron chi connectivity index (χ4n) is 2.82. The molecular weight excluding hydrogens is 395 g/mol. The van der Waals surface area contributed by atoms with E-state index >= 15 is 0 Å². The third kappa shape index (κ3) is 6.36. The van der Waals surface area contributed by atoms with Gasteiger partial charge in [-0.15, -0.1) is 0 Å². The van der Waals surface area contributed by atoms with Gasteiger partial charge in [0.25, 0.3) is 5.69 Å². The third-order valence-corrected chi connectivity index (χ3v) is 4.32. The highest BCUT2D eigenvalue weighted by Gasteiger charge is 2.26. The number of halogens is 1. The monoisotopic (exact) mass is 416 g/mol. The standard InChI is InChI=1S/C20H21FN4O5/c1-12(26)23-18(11-14-4-2-3-5-16(14)21)20(28)24-17(19(22)27)10-13-6-8-15(9-7-13)25(29)30/h2-9,17-18H,10-11H2,1H3,(H2,22,27)(H,23,26)(H,24,28)/t17-,18-/m1/s1. The number of hydrogen-bond acceptors (Lipinski definition) is 5. The number of carbonyl (C=O) groups excluding carboxylic acids is 3. The van der Waals surface area contributed by atoms with Gasteiger partial charge in [0.2, 0.25) is 17.7 Å². The summed E-state index contributed by atoms with van der Waals surface area (Å²) < 4.78 is 14.0. The minimum absolute atomic E-state index is 0.00838. The summed E-state index contributed by atoms with van der Waals surface area (Å²) in [4.78, 5) is 46.2. The van der Waals surface area contributed by atoms with Crippen LogP contribution in [0, 0.1) is 15.9 Å². The first-order chi connectivity index (χ1) is 14.2. The minimum atomic E-state index is -1.13. The zero-order valence-corrected chi connectivity index (χ0v) is 16.1. The molecule has 0 unspecified atom stereocenters. The predicted molar refractivity (Wildman–Crippen MR) is 106 cm³/mol. The highest BCUT2D eigenvalue weighted by atomic mass is 19.1. The van der Waals surface area contributed by atoms with E-state index in [1.54, 1.807) is 6.07 Å². The van der Waals surface area contributed by atoms with Crippen molar-refractivity contribution in [1.82, 2.24) is 10.6 Å². The Balaban J connectivity index is 2.14. The molecule has 0 radical (unpaired) electrons. The first kappa shape index (κ1) is 22.5. The predicted octanol–water partition coefficient (Wildman–Crippen LogP) is 0.994. The minimum Gasteiger partial charge on any atom is -0.368 e. The Morgan fingerprint density at radius 2 is 1.67 bits per heavy atom. The number of nitrogens with two attached hydrogens (primary N) is 1. The Kier molecular flexibility index (Phi) is 7.56. The van der Waals surface area contributed by atoms with Gasteiger partial charge < -0.3 is 16.4 Å².